The van der Waals surface area contributed by atoms with Gasteiger partial charge in [-0.2, -0.15) is 0 Å². The summed E-state index contributed by atoms with van der Waals surface area (Å²) in [6, 6.07) is 0. The van der Waals surface area contributed by atoms with Gasteiger partial charge in [0.15, 0.2) is 0 Å². The predicted octanol–water partition coefficient (Wildman–Crippen LogP) is 4.17. The van der Waals surface area contributed by atoms with Gasteiger partial charge in [-0.05, 0) is 12.8 Å². The van der Waals surface area contributed by atoms with E-state index in [0.29, 0.717) is 10.3 Å². The van der Waals surface area contributed by atoms with Crippen molar-refractivity contribution < 1.29 is 0 Å². The first kappa shape index (κ1) is 12.6. The Kier molecular flexibility index (Phi) is 3.74. The molecule has 0 aromatic heterocycles. The Balaban J connectivity index is 3.19. The van der Waals surface area contributed by atoms with Crippen LogP contribution in [0.15, 0.2) is 9.98 Å². The fraction of sp³-hybridized carbons (Fsp3) is 0.750. The summed E-state index contributed by atoms with van der Waals surface area (Å²) in [6.07, 6.45) is 1.44. The van der Waals surface area contributed by atoms with Crippen molar-refractivity contribution in [3.05, 3.63) is 0 Å². The molecule has 0 bridgehead atoms. The van der Waals surface area contributed by atoms with Gasteiger partial charge in [-0.15, -0.1) is 0 Å². The van der Waals surface area contributed by atoms with Gasteiger partial charge in [0.25, 0.3) is 0 Å². The van der Waals surface area contributed by atoms with Gasteiger partial charge < -0.3 is 0 Å². The summed E-state index contributed by atoms with van der Waals surface area (Å²) in [7, 11) is 0. The highest BCUT2D eigenvalue weighted by Gasteiger charge is 2.43. The summed E-state index contributed by atoms with van der Waals surface area (Å²) in [4.78, 5) is 7.80. The minimum absolute atomic E-state index is 0.326. The largest absolute Gasteiger partial charge is 0.307 e. The second kappa shape index (κ2) is 4.17. The Bertz CT molecular complexity index is 268. The molecule has 0 saturated heterocycles. The van der Waals surface area contributed by atoms with Gasteiger partial charge in [0, 0.05) is 0 Å². The summed E-state index contributed by atoms with van der Waals surface area (Å²) in [5, 5.41) is 0.653. The number of aliphatic imine (C=N–C) groups is 2. The molecule has 0 radical (unpaired) electrons. The number of nitrogens with zero attached hydrogens (tertiary/aromatic N) is 2. The summed E-state index contributed by atoms with van der Waals surface area (Å²) >= 11 is 23.5. The minimum atomic E-state index is -1.57. The summed E-state index contributed by atoms with van der Waals surface area (Å²) in [6.45, 7) is 3.93. The quantitative estimate of drug-likeness (QED) is 0.534. The van der Waals surface area contributed by atoms with Crippen LogP contribution in [0, 0.1) is 5.41 Å². The highest BCUT2D eigenvalue weighted by atomic mass is 35.5. The van der Waals surface area contributed by atoms with Crippen LogP contribution in [0.5, 0.6) is 0 Å². The van der Waals surface area contributed by atoms with Gasteiger partial charge in [0.05, 0.1) is 5.41 Å². The zero-order chi connectivity index (χ0) is 11.0. The standard InChI is InChI=1S/C8H10Cl4N2/c1-3-7(4-2)5(9)13-8(11,12)14-6(7)10/h3-4H2,1-2H3. The molecule has 1 aliphatic rings. The number of halogens is 4. The van der Waals surface area contributed by atoms with E-state index in [1.807, 2.05) is 13.8 Å². The molecule has 1 rings (SSSR count). The van der Waals surface area contributed by atoms with Gasteiger partial charge >= 0.3 is 4.58 Å². The molecule has 0 aromatic rings. The highest BCUT2D eigenvalue weighted by Crippen LogP contribution is 2.42. The third kappa shape index (κ3) is 2.04. The SMILES string of the molecule is CCC1(CC)C(Cl)=NC(Cl)(Cl)N=C1Cl. The molecule has 0 atom stereocenters. The van der Waals surface area contributed by atoms with Gasteiger partial charge in [0.2, 0.25) is 0 Å². The molecule has 6 heteroatoms. The molecule has 0 aromatic carbocycles. The molecule has 2 nitrogen and oxygen atoms in total. The van der Waals surface area contributed by atoms with Crippen LogP contribution in [-0.2, 0) is 0 Å². The maximum Gasteiger partial charge on any atom is 0.307 e. The molecule has 1 aliphatic heterocycles. The number of hydrogen-bond donors (Lipinski definition) is 0. The van der Waals surface area contributed by atoms with Gasteiger partial charge in [0.1, 0.15) is 10.3 Å². The smallest absolute Gasteiger partial charge is 0.217 e. The second-order valence-electron chi connectivity index (χ2n) is 3.10. The van der Waals surface area contributed by atoms with Crippen LogP contribution in [0.2, 0.25) is 0 Å². The van der Waals surface area contributed by atoms with Crippen molar-refractivity contribution in [1.82, 2.24) is 0 Å². The third-order valence-corrected chi connectivity index (χ3v) is 3.69. The monoisotopic (exact) mass is 274 g/mol. The second-order valence-corrected chi connectivity index (χ2v) is 5.07. The number of rotatable bonds is 2. The first-order valence-corrected chi connectivity index (χ1v) is 5.78. The highest BCUT2D eigenvalue weighted by molar-refractivity contribution is 6.78. The van der Waals surface area contributed by atoms with Crippen molar-refractivity contribution in [2.75, 3.05) is 0 Å². The Morgan fingerprint density at radius 1 is 1.00 bits per heavy atom. The molecule has 14 heavy (non-hydrogen) atoms. The average Bonchev–Trinajstić information content (AvgIpc) is 2.03. The van der Waals surface area contributed by atoms with E-state index in [1.54, 1.807) is 0 Å². The molecule has 0 fully saturated rings. The van der Waals surface area contributed by atoms with E-state index in [9.17, 15) is 0 Å². The van der Waals surface area contributed by atoms with Crippen molar-refractivity contribution in [1.29, 1.82) is 0 Å². The molecular formula is C8H10Cl4N2. The fourth-order valence-corrected chi connectivity index (χ4v) is 2.91. The molecular weight excluding hydrogens is 266 g/mol. The molecule has 0 aliphatic carbocycles. The van der Waals surface area contributed by atoms with Gasteiger partial charge in [-0.3, -0.25) is 0 Å². The van der Waals surface area contributed by atoms with Crippen LogP contribution < -0.4 is 0 Å². The van der Waals surface area contributed by atoms with Crippen molar-refractivity contribution >= 4 is 56.7 Å². The van der Waals surface area contributed by atoms with Crippen LogP contribution in [-0.4, -0.2) is 14.9 Å². The average molecular weight is 276 g/mol. The fourth-order valence-electron chi connectivity index (χ4n) is 1.39. The molecule has 0 spiro atoms. The summed E-state index contributed by atoms with van der Waals surface area (Å²) in [5.41, 5.74) is -0.504. The molecule has 0 amide bonds. The zero-order valence-electron chi connectivity index (χ0n) is 7.82. The lowest BCUT2D eigenvalue weighted by Gasteiger charge is -2.33. The normalized spacial score (nSPS) is 24.1. The van der Waals surface area contributed by atoms with E-state index >= 15 is 0 Å². The zero-order valence-corrected chi connectivity index (χ0v) is 10.8. The number of hydrogen-bond acceptors (Lipinski definition) is 2. The Hall–Kier alpha value is 0.500. The van der Waals surface area contributed by atoms with E-state index in [1.165, 1.54) is 0 Å². The van der Waals surface area contributed by atoms with E-state index in [2.05, 4.69) is 9.98 Å². The lowest BCUT2D eigenvalue weighted by atomic mass is 9.84. The van der Waals surface area contributed by atoms with E-state index in [4.69, 9.17) is 46.4 Å². The van der Waals surface area contributed by atoms with Gasteiger partial charge in [-0.25, -0.2) is 9.98 Å². The maximum atomic E-state index is 6.03. The van der Waals surface area contributed by atoms with Crippen molar-refractivity contribution in [3.63, 3.8) is 0 Å². The number of alkyl halides is 2. The Morgan fingerprint density at radius 3 is 1.64 bits per heavy atom. The molecule has 0 unspecified atom stereocenters. The molecule has 80 valence electrons. The van der Waals surface area contributed by atoms with E-state index in [-0.39, 0.29) is 0 Å². The molecule has 1 heterocycles. The lowest BCUT2D eigenvalue weighted by Crippen LogP contribution is -2.38. The first-order chi connectivity index (χ1) is 6.38. The first-order valence-electron chi connectivity index (χ1n) is 4.27. The summed E-state index contributed by atoms with van der Waals surface area (Å²) < 4.78 is -1.57. The topological polar surface area (TPSA) is 24.7 Å². The predicted molar refractivity (Wildman–Crippen MR) is 64.0 cm³/mol. The van der Waals surface area contributed by atoms with E-state index < -0.39 is 10.00 Å². The minimum Gasteiger partial charge on any atom is -0.217 e. The van der Waals surface area contributed by atoms with Crippen LogP contribution in [0.1, 0.15) is 26.7 Å². The van der Waals surface area contributed by atoms with Gasteiger partial charge in [-0.1, -0.05) is 60.3 Å². The van der Waals surface area contributed by atoms with Crippen LogP contribution in [0.25, 0.3) is 0 Å². The van der Waals surface area contributed by atoms with Crippen LogP contribution in [0.4, 0.5) is 0 Å². The van der Waals surface area contributed by atoms with Crippen LogP contribution >= 0.6 is 46.4 Å². The Labute approximate surface area is 103 Å². The van der Waals surface area contributed by atoms with Crippen molar-refractivity contribution in [2.24, 2.45) is 15.4 Å². The molecule has 0 N–H and O–H groups in total. The summed E-state index contributed by atoms with van der Waals surface area (Å²) in [5.74, 6) is 0. The molecule has 0 saturated carbocycles. The van der Waals surface area contributed by atoms with Crippen molar-refractivity contribution in [3.8, 4) is 0 Å². The van der Waals surface area contributed by atoms with Crippen molar-refractivity contribution in [2.45, 2.75) is 31.3 Å². The lowest BCUT2D eigenvalue weighted by molar-refractivity contribution is 0.528. The van der Waals surface area contributed by atoms with Crippen LogP contribution in [0.3, 0.4) is 0 Å². The third-order valence-electron chi connectivity index (χ3n) is 2.46. The Morgan fingerprint density at radius 2 is 1.36 bits per heavy atom. The maximum absolute atomic E-state index is 6.03. The van der Waals surface area contributed by atoms with E-state index in [0.717, 1.165) is 12.8 Å².